The highest BCUT2D eigenvalue weighted by molar-refractivity contribution is 6.00. The number of fused-ring (bicyclic) bond motifs is 6. The van der Waals surface area contributed by atoms with E-state index in [1.807, 2.05) is 11.0 Å². The molecule has 1 N–H and O–H groups in total. The van der Waals surface area contributed by atoms with Crippen LogP contribution in [0.4, 0.5) is 8.78 Å². The van der Waals surface area contributed by atoms with Crippen molar-refractivity contribution in [2.75, 3.05) is 6.54 Å². The van der Waals surface area contributed by atoms with Crippen molar-refractivity contribution in [1.29, 1.82) is 0 Å². The lowest BCUT2D eigenvalue weighted by atomic mass is 9.88. The number of nitrogens with zero attached hydrogens (tertiary/aromatic N) is 9. The first kappa shape index (κ1) is 39.5. The molecule has 2 saturated heterocycles. The Balaban J connectivity index is 0.971. The van der Waals surface area contributed by atoms with Gasteiger partial charge < -0.3 is 14.2 Å². The first-order valence-electron chi connectivity index (χ1n) is 22.8. The number of benzene rings is 3. The zero-order valence-electron chi connectivity index (χ0n) is 36.8. The summed E-state index contributed by atoms with van der Waals surface area (Å²) in [5.74, 6) is -0.654. The summed E-state index contributed by atoms with van der Waals surface area (Å²) in [6.45, 7) is 5.81. The zero-order valence-corrected chi connectivity index (χ0v) is 36.8. The number of nitrogens with one attached hydrogen (secondary N) is 1. The number of aryl methyl sites for hydroxylation is 3. The summed E-state index contributed by atoms with van der Waals surface area (Å²) in [6.07, 6.45) is 11.4. The monoisotopic (exact) mass is 892 g/mol. The normalized spacial score (nSPS) is 23.9. The number of rotatable bonds is 7. The van der Waals surface area contributed by atoms with Crippen LogP contribution < -0.4 is 11.4 Å². The second kappa shape index (κ2) is 13.6. The first-order chi connectivity index (χ1) is 31.8. The predicted molar refractivity (Wildman–Crippen MR) is 238 cm³/mol. The number of amides is 1. The van der Waals surface area contributed by atoms with E-state index in [-0.39, 0.29) is 40.9 Å². The van der Waals surface area contributed by atoms with E-state index in [0.717, 1.165) is 47.8 Å². The molecule has 2 saturated carbocycles. The van der Waals surface area contributed by atoms with Crippen LogP contribution in [0.1, 0.15) is 102 Å². The Morgan fingerprint density at radius 3 is 2.35 bits per heavy atom. The lowest BCUT2D eigenvalue weighted by molar-refractivity contribution is -0.00378. The molecule has 5 aromatic heterocycles. The molecular weight excluding hydrogens is 847 g/mol. The second-order valence-corrected chi connectivity index (χ2v) is 19.4. The number of imidazole rings is 1. The molecule has 336 valence electrons. The number of ether oxygens (including phenoxy) is 1. The molecule has 2 bridgehead atoms. The molecule has 2 aliphatic carbocycles. The van der Waals surface area contributed by atoms with Gasteiger partial charge in [-0.25, -0.2) is 23.1 Å². The third-order valence-corrected chi connectivity index (χ3v) is 15.6. The average molecular weight is 893 g/mol. The van der Waals surface area contributed by atoms with Crippen molar-refractivity contribution in [2.45, 2.75) is 101 Å². The standard InChI is InChI=1S/C49H46F2N10O5/c1-25-17-31(18-26(2)41(25)50)61-43(58-16-15-57(47(58)64)38-10-9-37-34(42(38)51)24-52-56(37)4)40-35(54-61)11-14-59(48(40)12-13-48)44(62)39-22-30-19-28(29-20-32-6-7-33(21-29)65-32)5-8-36(30)60(39)49(23-27(49)3)45-53-46(63)66-55-45/h5,8-10,15-19,22,24,27,29,32-33H,6-7,11-14,20-21,23H2,1-4H3,(H,53,55,63). The van der Waals surface area contributed by atoms with Crippen LogP contribution >= 0.6 is 0 Å². The van der Waals surface area contributed by atoms with Gasteiger partial charge in [0, 0.05) is 48.9 Å². The summed E-state index contributed by atoms with van der Waals surface area (Å²) >= 11 is 0. The van der Waals surface area contributed by atoms with Gasteiger partial charge in [0.05, 0.1) is 51.9 Å². The number of hydrogen-bond acceptors (Lipinski definition) is 8. The number of carbonyl (C=O) groups excluding carboxylic acids is 1. The van der Waals surface area contributed by atoms with Crippen LogP contribution in [0.3, 0.4) is 0 Å². The number of carbonyl (C=O) groups is 1. The molecule has 17 heteroatoms. The summed E-state index contributed by atoms with van der Waals surface area (Å²) in [5, 5.41) is 14.8. The maximum atomic E-state index is 16.2. The van der Waals surface area contributed by atoms with E-state index in [2.05, 4.69) is 44.9 Å². The fourth-order valence-electron chi connectivity index (χ4n) is 12.1. The molecule has 4 atom stereocenters. The average Bonchev–Trinajstić information content (AvgIpc) is 3.68. The Morgan fingerprint density at radius 1 is 0.924 bits per heavy atom. The fraction of sp³-hybridized carbons (Fsp3) is 0.388. The number of aromatic nitrogens is 9. The highest BCUT2D eigenvalue weighted by Crippen LogP contribution is 2.59. The topological polar surface area (TPSA) is 156 Å². The van der Waals surface area contributed by atoms with E-state index in [4.69, 9.17) is 14.4 Å². The van der Waals surface area contributed by atoms with Gasteiger partial charge in [-0.05, 0) is 130 Å². The quantitative estimate of drug-likeness (QED) is 0.177. The maximum absolute atomic E-state index is 16.2. The van der Waals surface area contributed by atoms with Crippen LogP contribution in [0.25, 0.3) is 39.0 Å². The van der Waals surface area contributed by atoms with Crippen LogP contribution in [-0.2, 0) is 29.3 Å². The van der Waals surface area contributed by atoms with Crippen molar-refractivity contribution in [2.24, 2.45) is 13.0 Å². The summed E-state index contributed by atoms with van der Waals surface area (Å²) in [7, 11) is 1.73. The van der Waals surface area contributed by atoms with Crippen LogP contribution in [0.2, 0.25) is 0 Å². The van der Waals surface area contributed by atoms with Gasteiger partial charge in [0.25, 0.3) is 5.91 Å². The fourth-order valence-corrected chi connectivity index (χ4v) is 12.1. The van der Waals surface area contributed by atoms with Gasteiger partial charge in [-0.1, -0.05) is 18.1 Å². The highest BCUT2D eigenvalue weighted by Gasteiger charge is 2.61. The molecule has 5 aliphatic rings. The molecule has 8 aromatic rings. The van der Waals surface area contributed by atoms with Crippen molar-refractivity contribution in [3.63, 3.8) is 0 Å². The Bertz CT molecular complexity index is 3470. The van der Waals surface area contributed by atoms with Crippen molar-refractivity contribution in [1.82, 2.24) is 48.3 Å². The molecule has 13 rings (SSSR count). The summed E-state index contributed by atoms with van der Waals surface area (Å²) < 4.78 is 50.7. The summed E-state index contributed by atoms with van der Waals surface area (Å²) in [6, 6.07) is 15.2. The minimum Gasteiger partial charge on any atom is -0.375 e. The lowest BCUT2D eigenvalue weighted by Crippen LogP contribution is -2.47. The zero-order chi connectivity index (χ0) is 45.1. The number of halogens is 2. The molecule has 66 heavy (non-hydrogen) atoms. The molecule has 4 unspecified atom stereocenters. The van der Waals surface area contributed by atoms with E-state index in [1.54, 1.807) is 60.7 Å². The van der Waals surface area contributed by atoms with Crippen LogP contribution in [0.15, 0.2) is 81.2 Å². The van der Waals surface area contributed by atoms with Gasteiger partial charge in [0.2, 0.25) is 0 Å². The molecule has 1 amide bonds. The van der Waals surface area contributed by atoms with Crippen LogP contribution in [0.5, 0.6) is 0 Å². The summed E-state index contributed by atoms with van der Waals surface area (Å²) in [5.41, 5.74) is 3.74. The molecule has 3 aliphatic heterocycles. The molecule has 15 nitrogen and oxygen atoms in total. The third-order valence-electron chi connectivity index (χ3n) is 15.6. The lowest BCUT2D eigenvalue weighted by Gasteiger charge is -2.37. The van der Waals surface area contributed by atoms with E-state index in [1.165, 1.54) is 27.1 Å². The minimum absolute atomic E-state index is 0.0149. The Kier molecular flexibility index (Phi) is 8.13. The number of aromatic amines is 1. The van der Waals surface area contributed by atoms with Crippen LogP contribution in [0, 0.1) is 31.4 Å². The van der Waals surface area contributed by atoms with Crippen molar-refractivity contribution < 1.29 is 22.8 Å². The van der Waals surface area contributed by atoms with Crippen LogP contribution in [-0.4, -0.2) is 73.0 Å². The molecule has 4 fully saturated rings. The van der Waals surface area contributed by atoms with E-state index < -0.39 is 28.3 Å². The molecule has 8 heterocycles. The van der Waals surface area contributed by atoms with Gasteiger partial charge in [0.1, 0.15) is 17.1 Å². The molecule has 0 radical (unpaired) electrons. The smallest absolute Gasteiger partial charge is 0.375 e. The van der Waals surface area contributed by atoms with Crippen molar-refractivity contribution in [3.8, 4) is 17.2 Å². The Morgan fingerprint density at radius 2 is 1.65 bits per heavy atom. The summed E-state index contributed by atoms with van der Waals surface area (Å²) in [4.78, 5) is 47.8. The predicted octanol–water partition coefficient (Wildman–Crippen LogP) is 7.12. The highest BCUT2D eigenvalue weighted by atomic mass is 19.1. The molecule has 1 spiro atoms. The van der Waals surface area contributed by atoms with Gasteiger partial charge >= 0.3 is 11.4 Å². The third kappa shape index (κ3) is 5.42. The molecular formula is C49H46F2N10O5. The Hall–Kier alpha value is -6.88. The van der Waals surface area contributed by atoms with E-state index in [9.17, 15) is 9.59 Å². The largest absolute Gasteiger partial charge is 0.438 e. The second-order valence-electron chi connectivity index (χ2n) is 19.4. The van der Waals surface area contributed by atoms with Crippen molar-refractivity contribution in [3.05, 3.63) is 139 Å². The first-order valence-corrected chi connectivity index (χ1v) is 22.8. The maximum Gasteiger partial charge on any atom is 0.438 e. The number of hydrogen-bond donors (Lipinski definition) is 1. The van der Waals surface area contributed by atoms with Crippen molar-refractivity contribution >= 4 is 27.7 Å². The van der Waals surface area contributed by atoms with Gasteiger partial charge in [-0.2, -0.15) is 10.2 Å². The van der Waals surface area contributed by atoms with Gasteiger partial charge in [-0.3, -0.25) is 28.1 Å². The van der Waals surface area contributed by atoms with E-state index in [0.29, 0.717) is 77.8 Å². The van der Waals surface area contributed by atoms with E-state index >= 15 is 13.6 Å². The van der Waals surface area contributed by atoms with Gasteiger partial charge in [0.15, 0.2) is 17.5 Å². The number of H-pyrrole nitrogens is 1. The minimum atomic E-state index is -0.859. The molecule has 3 aromatic carbocycles. The SMILES string of the molecule is Cc1cc(-n2nc3c(c2-n2ccn(-c4ccc5c(cnn5C)c4F)c2=O)C2(CC2)N(C(=O)c2cc4cc(C5CC6CCC(C5)O6)ccc4n2C2(c4noc(=O)[nH]4)CC2C)CC3)cc(C)c1F. The Labute approximate surface area is 375 Å². The van der Waals surface area contributed by atoms with Gasteiger partial charge in [-0.15, -0.1) is 0 Å².